The van der Waals surface area contributed by atoms with Crippen molar-refractivity contribution in [3.63, 3.8) is 0 Å². The first-order valence-electron chi connectivity index (χ1n) is 7.40. The molecule has 0 amide bonds. The van der Waals surface area contributed by atoms with E-state index in [4.69, 9.17) is 0 Å². The number of benzene rings is 1. The van der Waals surface area contributed by atoms with Crippen molar-refractivity contribution in [2.24, 2.45) is 0 Å². The Morgan fingerprint density at radius 3 is 2.74 bits per heavy atom. The molecule has 1 heterocycles. The normalized spacial score (nSPS) is 32.5. The SMILES string of the molecule is CNC1c2ccccc2CC1N1CCN(C)C(C)C1. The summed E-state index contributed by atoms with van der Waals surface area (Å²) in [6.07, 6.45) is 1.19. The quantitative estimate of drug-likeness (QED) is 0.868. The van der Waals surface area contributed by atoms with Crippen molar-refractivity contribution in [3.05, 3.63) is 35.4 Å². The molecule has 3 atom stereocenters. The van der Waals surface area contributed by atoms with Crippen LogP contribution in [0, 0.1) is 0 Å². The molecule has 0 radical (unpaired) electrons. The van der Waals surface area contributed by atoms with Gasteiger partial charge in [-0.3, -0.25) is 4.90 Å². The number of piperazine rings is 1. The lowest BCUT2D eigenvalue weighted by molar-refractivity contribution is 0.0624. The average molecular weight is 259 g/mol. The predicted molar refractivity (Wildman–Crippen MR) is 79.4 cm³/mol. The highest BCUT2D eigenvalue weighted by Crippen LogP contribution is 2.34. The summed E-state index contributed by atoms with van der Waals surface area (Å²) >= 11 is 0. The Hall–Kier alpha value is -0.900. The van der Waals surface area contributed by atoms with Crippen molar-refractivity contribution in [1.82, 2.24) is 15.1 Å². The zero-order valence-electron chi connectivity index (χ0n) is 12.3. The van der Waals surface area contributed by atoms with E-state index in [9.17, 15) is 0 Å². The van der Waals surface area contributed by atoms with Crippen LogP contribution in [0.3, 0.4) is 0 Å². The standard InChI is InChI=1S/C16H25N3/c1-12-11-19(9-8-18(12)3)15-10-13-6-4-5-7-14(13)16(15)17-2/h4-7,12,15-17H,8-11H2,1-3H3. The highest BCUT2D eigenvalue weighted by molar-refractivity contribution is 5.37. The van der Waals surface area contributed by atoms with Gasteiger partial charge in [0.1, 0.15) is 0 Å². The summed E-state index contributed by atoms with van der Waals surface area (Å²) in [4.78, 5) is 5.15. The van der Waals surface area contributed by atoms with E-state index in [1.54, 1.807) is 0 Å². The van der Waals surface area contributed by atoms with E-state index >= 15 is 0 Å². The number of likely N-dealkylation sites (N-methyl/N-ethyl adjacent to an activating group) is 2. The van der Waals surface area contributed by atoms with Crippen LogP contribution < -0.4 is 5.32 Å². The summed E-state index contributed by atoms with van der Waals surface area (Å²) in [6.45, 7) is 5.90. The Kier molecular flexibility index (Phi) is 3.61. The molecule has 19 heavy (non-hydrogen) atoms. The van der Waals surface area contributed by atoms with Crippen LogP contribution in [-0.4, -0.2) is 55.6 Å². The third kappa shape index (κ3) is 2.31. The summed E-state index contributed by atoms with van der Waals surface area (Å²) in [5, 5.41) is 3.54. The summed E-state index contributed by atoms with van der Waals surface area (Å²) in [7, 11) is 4.33. The molecule has 3 unspecified atom stereocenters. The smallest absolute Gasteiger partial charge is 0.0481 e. The molecule has 3 nitrogen and oxygen atoms in total. The van der Waals surface area contributed by atoms with Crippen molar-refractivity contribution >= 4 is 0 Å². The lowest BCUT2D eigenvalue weighted by atomic mass is 10.0. The molecule has 1 N–H and O–H groups in total. The molecule has 1 fully saturated rings. The van der Waals surface area contributed by atoms with Gasteiger partial charge in [0.2, 0.25) is 0 Å². The van der Waals surface area contributed by atoms with Crippen molar-refractivity contribution in [3.8, 4) is 0 Å². The van der Waals surface area contributed by atoms with Crippen LogP contribution in [0.2, 0.25) is 0 Å². The largest absolute Gasteiger partial charge is 0.312 e. The van der Waals surface area contributed by atoms with Gasteiger partial charge in [0.15, 0.2) is 0 Å². The molecular weight excluding hydrogens is 234 g/mol. The topological polar surface area (TPSA) is 18.5 Å². The van der Waals surface area contributed by atoms with Crippen LogP contribution in [0.5, 0.6) is 0 Å². The van der Waals surface area contributed by atoms with E-state index in [1.165, 1.54) is 37.2 Å². The van der Waals surface area contributed by atoms with Gasteiger partial charge in [-0.25, -0.2) is 0 Å². The number of fused-ring (bicyclic) bond motifs is 1. The molecule has 0 aromatic heterocycles. The average Bonchev–Trinajstić information content (AvgIpc) is 2.80. The lowest BCUT2D eigenvalue weighted by Crippen LogP contribution is -2.55. The molecule has 1 aliphatic heterocycles. The molecule has 0 spiro atoms. The summed E-state index contributed by atoms with van der Waals surface area (Å²) < 4.78 is 0. The van der Waals surface area contributed by atoms with Crippen LogP contribution in [0.25, 0.3) is 0 Å². The number of hydrogen-bond donors (Lipinski definition) is 1. The number of hydrogen-bond acceptors (Lipinski definition) is 3. The van der Waals surface area contributed by atoms with Gasteiger partial charge >= 0.3 is 0 Å². The molecule has 0 bridgehead atoms. The third-order valence-corrected chi connectivity index (χ3v) is 4.98. The minimum absolute atomic E-state index is 0.492. The lowest BCUT2D eigenvalue weighted by Gasteiger charge is -2.42. The third-order valence-electron chi connectivity index (χ3n) is 4.98. The molecule has 0 saturated carbocycles. The van der Waals surface area contributed by atoms with Gasteiger partial charge in [-0.1, -0.05) is 24.3 Å². The molecule has 3 rings (SSSR count). The second-order valence-electron chi connectivity index (χ2n) is 6.06. The van der Waals surface area contributed by atoms with Gasteiger partial charge in [-0.2, -0.15) is 0 Å². The van der Waals surface area contributed by atoms with Gasteiger partial charge < -0.3 is 10.2 Å². The monoisotopic (exact) mass is 259 g/mol. The molecule has 1 aromatic rings. The first kappa shape index (κ1) is 13.1. The van der Waals surface area contributed by atoms with E-state index in [0.29, 0.717) is 18.1 Å². The zero-order valence-corrected chi connectivity index (χ0v) is 12.3. The highest BCUT2D eigenvalue weighted by Gasteiger charge is 2.37. The predicted octanol–water partition coefficient (Wildman–Crippen LogP) is 1.51. The maximum absolute atomic E-state index is 3.54. The maximum atomic E-state index is 3.54. The van der Waals surface area contributed by atoms with E-state index in [1.807, 2.05) is 0 Å². The second kappa shape index (κ2) is 5.23. The Bertz CT molecular complexity index is 445. The Morgan fingerprint density at radius 1 is 1.21 bits per heavy atom. The molecule has 1 aromatic carbocycles. The van der Waals surface area contributed by atoms with Gasteiger partial charge in [-0.15, -0.1) is 0 Å². The fourth-order valence-electron chi connectivity index (χ4n) is 3.64. The van der Waals surface area contributed by atoms with Gasteiger partial charge in [0.05, 0.1) is 0 Å². The van der Waals surface area contributed by atoms with Crippen LogP contribution in [0.1, 0.15) is 24.1 Å². The van der Waals surface area contributed by atoms with E-state index < -0.39 is 0 Å². The number of nitrogens with zero attached hydrogens (tertiary/aromatic N) is 2. The summed E-state index contributed by atoms with van der Waals surface area (Å²) in [5.74, 6) is 0. The highest BCUT2D eigenvalue weighted by atomic mass is 15.3. The van der Waals surface area contributed by atoms with Crippen molar-refractivity contribution in [2.75, 3.05) is 33.7 Å². The van der Waals surface area contributed by atoms with E-state index in [-0.39, 0.29) is 0 Å². The summed E-state index contributed by atoms with van der Waals surface area (Å²) in [5.41, 5.74) is 3.03. The molecule has 3 heteroatoms. The fraction of sp³-hybridized carbons (Fsp3) is 0.625. The Balaban J connectivity index is 1.80. The fourth-order valence-corrected chi connectivity index (χ4v) is 3.64. The van der Waals surface area contributed by atoms with Crippen LogP contribution in [0.15, 0.2) is 24.3 Å². The molecule has 1 saturated heterocycles. The minimum Gasteiger partial charge on any atom is -0.312 e. The van der Waals surface area contributed by atoms with Gasteiger partial charge in [0.25, 0.3) is 0 Å². The van der Waals surface area contributed by atoms with Gasteiger partial charge in [0, 0.05) is 37.8 Å². The molecule has 1 aliphatic carbocycles. The van der Waals surface area contributed by atoms with Crippen molar-refractivity contribution < 1.29 is 0 Å². The maximum Gasteiger partial charge on any atom is 0.0481 e. The van der Waals surface area contributed by atoms with Crippen molar-refractivity contribution in [1.29, 1.82) is 0 Å². The first-order valence-corrected chi connectivity index (χ1v) is 7.40. The second-order valence-corrected chi connectivity index (χ2v) is 6.06. The first-order chi connectivity index (χ1) is 9.20. The van der Waals surface area contributed by atoms with Crippen LogP contribution in [-0.2, 0) is 6.42 Å². The number of rotatable bonds is 2. The zero-order chi connectivity index (χ0) is 13.4. The minimum atomic E-state index is 0.492. The molecule has 2 aliphatic rings. The molecule has 104 valence electrons. The number of nitrogens with one attached hydrogen (secondary N) is 1. The Labute approximate surface area is 116 Å². The molecular formula is C16H25N3. The van der Waals surface area contributed by atoms with E-state index in [2.05, 4.69) is 60.4 Å². The Morgan fingerprint density at radius 2 is 2.00 bits per heavy atom. The van der Waals surface area contributed by atoms with E-state index in [0.717, 1.165) is 0 Å². The summed E-state index contributed by atoms with van der Waals surface area (Å²) in [6, 6.07) is 10.7. The van der Waals surface area contributed by atoms with Gasteiger partial charge in [-0.05, 0) is 38.6 Å². The van der Waals surface area contributed by atoms with Crippen molar-refractivity contribution in [2.45, 2.75) is 31.5 Å². The van der Waals surface area contributed by atoms with Crippen LogP contribution >= 0.6 is 0 Å². The van der Waals surface area contributed by atoms with Crippen LogP contribution in [0.4, 0.5) is 0 Å².